The lowest BCUT2D eigenvalue weighted by molar-refractivity contribution is -0.132. The monoisotopic (exact) mass is 391 g/mol. The van der Waals surface area contributed by atoms with E-state index in [2.05, 4.69) is 10.5 Å². The Labute approximate surface area is 163 Å². The number of rotatable bonds is 11. The minimum atomic E-state index is -0.308. The van der Waals surface area contributed by atoms with Gasteiger partial charge in [-0.2, -0.15) is 0 Å². The number of thioether (sulfide) groups is 1. The van der Waals surface area contributed by atoms with Crippen LogP contribution in [0.1, 0.15) is 19.1 Å². The van der Waals surface area contributed by atoms with Gasteiger partial charge in [0.15, 0.2) is 5.82 Å². The zero-order chi connectivity index (χ0) is 19.5. The Bertz CT molecular complexity index is 721. The normalized spacial score (nSPS) is 10.6. The molecule has 27 heavy (non-hydrogen) atoms. The van der Waals surface area contributed by atoms with Crippen molar-refractivity contribution in [2.45, 2.75) is 25.2 Å². The fourth-order valence-corrected chi connectivity index (χ4v) is 3.15. The molecule has 0 aliphatic carbocycles. The summed E-state index contributed by atoms with van der Waals surface area (Å²) in [6, 6.07) is 11.3. The van der Waals surface area contributed by atoms with Crippen LogP contribution in [0.25, 0.3) is 0 Å². The van der Waals surface area contributed by atoms with Crippen LogP contribution in [0.5, 0.6) is 0 Å². The van der Waals surface area contributed by atoms with Crippen LogP contribution in [0.15, 0.2) is 45.8 Å². The molecule has 1 N–H and O–H groups in total. The number of ether oxygens (including phenoxy) is 1. The molecule has 1 heterocycles. The lowest BCUT2D eigenvalue weighted by Gasteiger charge is -2.22. The first-order valence-corrected chi connectivity index (χ1v) is 9.83. The van der Waals surface area contributed by atoms with Gasteiger partial charge in [-0.3, -0.25) is 9.59 Å². The number of nitrogens with one attached hydrogen (secondary N) is 1. The summed E-state index contributed by atoms with van der Waals surface area (Å²) < 4.78 is 10.3. The number of hydrogen-bond donors (Lipinski definition) is 1. The molecular formula is C19H25N3O4S. The first-order valence-electron chi connectivity index (χ1n) is 8.85. The Morgan fingerprint density at radius 1 is 1.30 bits per heavy atom. The first-order chi connectivity index (χ1) is 13.1. The van der Waals surface area contributed by atoms with Crippen LogP contribution < -0.4 is 5.32 Å². The van der Waals surface area contributed by atoms with Crippen LogP contribution in [0.2, 0.25) is 0 Å². The van der Waals surface area contributed by atoms with Gasteiger partial charge in [-0.1, -0.05) is 23.4 Å². The molecule has 146 valence electrons. The highest BCUT2D eigenvalue weighted by molar-refractivity contribution is 8.00. The lowest BCUT2D eigenvalue weighted by atomic mass is 10.3. The van der Waals surface area contributed by atoms with E-state index in [1.165, 1.54) is 11.8 Å². The third-order valence-corrected chi connectivity index (χ3v) is 4.61. The van der Waals surface area contributed by atoms with Gasteiger partial charge in [0.25, 0.3) is 0 Å². The molecule has 0 aliphatic rings. The van der Waals surface area contributed by atoms with Gasteiger partial charge in [0.2, 0.25) is 11.8 Å². The summed E-state index contributed by atoms with van der Waals surface area (Å²) in [7, 11) is 0. The summed E-state index contributed by atoms with van der Waals surface area (Å²) in [5.74, 6) is 0.825. The molecule has 2 amide bonds. The second kappa shape index (κ2) is 11.4. The summed E-state index contributed by atoms with van der Waals surface area (Å²) in [6.07, 6.45) is 0.673. The van der Waals surface area contributed by atoms with E-state index in [4.69, 9.17) is 9.26 Å². The van der Waals surface area contributed by atoms with Crippen molar-refractivity contribution < 1.29 is 18.8 Å². The summed E-state index contributed by atoms with van der Waals surface area (Å²) >= 11 is 1.45. The largest absolute Gasteiger partial charge is 0.382 e. The Kier molecular flexibility index (Phi) is 8.86. The fourth-order valence-electron chi connectivity index (χ4n) is 2.33. The van der Waals surface area contributed by atoms with Crippen molar-refractivity contribution in [2.24, 2.45) is 0 Å². The van der Waals surface area contributed by atoms with Crippen molar-refractivity contribution in [1.82, 2.24) is 10.1 Å². The summed E-state index contributed by atoms with van der Waals surface area (Å²) in [5.41, 5.74) is 0. The number of anilines is 1. The van der Waals surface area contributed by atoms with Crippen LogP contribution in [0.4, 0.5) is 5.82 Å². The van der Waals surface area contributed by atoms with Gasteiger partial charge in [0.1, 0.15) is 5.76 Å². The maximum absolute atomic E-state index is 12.6. The average molecular weight is 391 g/mol. The summed E-state index contributed by atoms with van der Waals surface area (Å²) in [6.45, 7) is 5.27. The van der Waals surface area contributed by atoms with Crippen molar-refractivity contribution in [2.75, 3.05) is 37.4 Å². The Morgan fingerprint density at radius 3 is 2.74 bits per heavy atom. The molecule has 0 spiro atoms. The molecule has 0 saturated carbocycles. The zero-order valence-electron chi connectivity index (χ0n) is 15.6. The van der Waals surface area contributed by atoms with Gasteiger partial charge in [0.05, 0.1) is 12.3 Å². The lowest BCUT2D eigenvalue weighted by Crippen LogP contribution is -2.40. The maximum Gasteiger partial charge on any atom is 0.245 e. The van der Waals surface area contributed by atoms with E-state index in [0.29, 0.717) is 37.8 Å². The number of carbonyl (C=O) groups is 2. The van der Waals surface area contributed by atoms with Gasteiger partial charge in [0, 0.05) is 30.7 Å². The number of aryl methyl sites for hydroxylation is 1. The minimum Gasteiger partial charge on any atom is -0.382 e. The van der Waals surface area contributed by atoms with E-state index >= 15 is 0 Å². The smallest absolute Gasteiger partial charge is 0.245 e. The van der Waals surface area contributed by atoms with Gasteiger partial charge < -0.3 is 19.5 Å². The van der Waals surface area contributed by atoms with Crippen molar-refractivity contribution >= 4 is 29.4 Å². The highest BCUT2D eigenvalue weighted by atomic mass is 32.2. The molecule has 2 aromatic rings. The molecule has 0 atom stereocenters. The van der Waals surface area contributed by atoms with Crippen LogP contribution in [0, 0.1) is 6.92 Å². The molecule has 8 heteroatoms. The first kappa shape index (κ1) is 21.0. The van der Waals surface area contributed by atoms with E-state index in [0.717, 1.165) is 4.90 Å². The van der Waals surface area contributed by atoms with Crippen molar-refractivity contribution in [3.05, 3.63) is 42.2 Å². The molecule has 2 rings (SSSR count). The highest BCUT2D eigenvalue weighted by Gasteiger charge is 2.18. The average Bonchev–Trinajstić information content (AvgIpc) is 3.07. The zero-order valence-corrected chi connectivity index (χ0v) is 16.5. The molecule has 0 unspecified atom stereocenters. The van der Waals surface area contributed by atoms with Gasteiger partial charge >= 0.3 is 0 Å². The van der Waals surface area contributed by atoms with Crippen molar-refractivity contribution in [3.63, 3.8) is 0 Å². The SMILES string of the molecule is CCOCCCN(CC(=O)Nc1cc(C)on1)C(=O)CSc1ccccc1. The van der Waals surface area contributed by atoms with Crippen molar-refractivity contribution in [3.8, 4) is 0 Å². The van der Waals surface area contributed by atoms with E-state index in [1.54, 1.807) is 17.9 Å². The number of carbonyl (C=O) groups excluding carboxylic acids is 2. The van der Waals surface area contributed by atoms with Gasteiger partial charge in [-0.15, -0.1) is 11.8 Å². The molecule has 0 fully saturated rings. The van der Waals surface area contributed by atoms with E-state index < -0.39 is 0 Å². The standard InChI is InChI=1S/C19H25N3O4S/c1-3-25-11-7-10-22(13-18(23)20-17-12-15(2)26-21-17)19(24)14-27-16-8-5-4-6-9-16/h4-6,8-9,12H,3,7,10-11,13-14H2,1-2H3,(H,20,21,23). The Hall–Kier alpha value is -2.32. The molecule has 1 aromatic carbocycles. The predicted octanol–water partition coefficient (Wildman–Crippen LogP) is 2.97. The second-order valence-corrected chi connectivity index (χ2v) is 6.89. The maximum atomic E-state index is 12.6. The topological polar surface area (TPSA) is 84.7 Å². The summed E-state index contributed by atoms with van der Waals surface area (Å²) in [5, 5.41) is 6.38. The number of nitrogens with zero attached hydrogens (tertiary/aromatic N) is 2. The van der Waals surface area contributed by atoms with Crippen molar-refractivity contribution in [1.29, 1.82) is 0 Å². The number of hydrogen-bond acceptors (Lipinski definition) is 6. The quantitative estimate of drug-likeness (QED) is 0.468. The van der Waals surface area contributed by atoms with Gasteiger partial charge in [-0.25, -0.2) is 0 Å². The molecular weight excluding hydrogens is 366 g/mol. The van der Waals surface area contributed by atoms with E-state index in [9.17, 15) is 9.59 Å². The van der Waals surface area contributed by atoms with Crippen LogP contribution in [0.3, 0.4) is 0 Å². The Morgan fingerprint density at radius 2 is 2.07 bits per heavy atom. The van der Waals surface area contributed by atoms with Gasteiger partial charge in [-0.05, 0) is 32.4 Å². The van der Waals surface area contributed by atoms with Crippen LogP contribution in [-0.4, -0.2) is 53.9 Å². The third-order valence-electron chi connectivity index (χ3n) is 3.61. The van der Waals surface area contributed by atoms with Crippen LogP contribution in [-0.2, 0) is 14.3 Å². The molecule has 0 radical (unpaired) electrons. The van der Waals surface area contributed by atoms with Crippen LogP contribution >= 0.6 is 11.8 Å². The molecule has 0 bridgehead atoms. The summed E-state index contributed by atoms with van der Waals surface area (Å²) in [4.78, 5) is 27.5. The third kappa shape index (κ3) is 7.84. The second-order valence-electron chi connectivity index (χ2n) is 5.84. The highest BCUT2D eigenvalue weighted by Crippen LogP contribution is 2.17. The number of aromatic nitrogens is 1. The molecule has 7 nitrogen and oxygen atoms in total. The van der Waals surface area contributed by atoms with E-state index in [1.807, 2.05) is 37.3 Å². The Balaban J connectivity index is 1.89. The minimum absolute atomic E-state index is 0.0355. The number of amides is 2. The predicted molar refractivity (Wildman–Crippen MR) is 105 cm³/mol. The van der Waals surface area contributed by atoms with E-state index in [-0.39, 0.29) is 24.1 Å². The molecule has 1 aromatic heterocycles. The molecule has 0 saturated heterocycles. The number of benzene rings is 1. The fraction of sp³-hybridized carbons (Fsp3) is 0.421. The molecule has 0 aliphatic heterocycles.